The number of anilines is 1. The van der Waals surface area contributed by atoms with E-state index in [-0.39, 0.29) is 5.69 Å². The van der Waals surface area contributed by atoms with Crippen molar-refractivity contribution < 1.29 is 4.92 Å². The molecule has 0 saturated heterocycles. The fourth-order valence-electron chi connectivity index (χ4n) is 2.43. The Labute approximate surface area is 132 Å². The lowest BCUT2D eigenvalue weighted by Crippen LogP contribution is -2.04. The highest BCUT2D eigenvalue weighted by Crippen LogP contribution is 2.28. The summed E-state index contributed by atoms with van der Waals surface area (Å²) in [4.78, 5) is 10.3. The first kappa shape index (κ1) is 15.5. The summed E-state index contributed by atoms with van der Waals surface area (Å²) in [6.07, 6.45) is 0. The van der Waals surface area contributed by atoms with Gasteiger partial charge in [-0.1, -0.05) is 17.7 Å². The molecule has 0 saturated carbocycles. The van der Waals surface area contributed by atoms with Crippen molar-refractivity contribution in [1.82, 2.24) is 0 Å². The molecule has 0 heterocycles. The molecule has 21 heavy (non-hydrogen) atoms. The SMILES string of the molecule is Cc1cc(C)c(CNc2ccc([N+](=O)[O-])cc2Br)c(C)c1. The second-order valence-electron chi connectivity index (χ2n) is 5.15. The van der Waals surface area contributed by atoms with Crippen molar-refractivity contribution in [3.05, 3.63) is 67.2 Å². The first-order valence-electron chi connectivity index (χ1n) is 6.63. The van der Waals surface area contributed by atoms with Crippen LogP contribution in [0.1, 0.15) is 22.3 Å². The van der Waals surface area contributed by atoms with Crippen LogP contribution in [0.3, 0.4) is 0 Å². The van der Waals surface area contributed by atoms with Gasteiger partial charge in [0.1, 0.15) is 0 Å². The first-order valence-corrected chi connectivity index (χ1v) is 7.42. The van der Waals surface area contributed by atoms with Crippen LogP contribution in [0.25, 0.3) is 0 Å². The lowest BCUT2D eigenvalue weighted by atomic mass is 10.00. The largest absolute Gasteiger partial charge is 0.380 e. The van der Waals surface area contributed by atoms with Crippen LogP contribution in [0.5, 0.6) is 0 Å². The number of nitro groups is 1. The number of nitrogens with zero attached hydrogens (tertiary/aromatic N) is 1. The number of hydrogen-bond acceptors (Lipinski definition) is 3. The summed E-state index contributed by atoms with van der Waals surface area (Å²) >= 11 is 3.37. The first-order chi connectivity index (χ1) is 9.88. The van der Waals surface area contributed by atoms with Crippen LogP contribution in [-0.2, 0) is 6.54 Å². The van der Waals surface area contributed by atoms with Crippen molar-refractivity contribution >= 4 is 27.3 Å². The zero-order valence-corrected chi connectivity index (χ0v) is 13.8. The third kappa shape index (κ3) is 3.61. The molecule has 2 aromatic carbocycles. The molecule has 0 aliphatic carbocycles. The topological polar surface area (TPSA) is 55.2 Å². The van der Waals surface area contributed by atoms with Gasteiger partial charge in [-0.25, -0.2) is 0 Å². The molecule has 0 aliphatic heterocycles. The standard InChI is InChI=1S/C16H17BrN2O2/c1-10-6-11(2)14(12(3)7-10)9-18-16-5-4-13(19(20)21)8-15(16)17/h4-8,18H,9H2,1-3H3. The Morgan fingerprint density at radius 1 is 1.14 bits per heavy atom. The van der Waals surface area contributed by atoms with Gasteiger partial charge in [-0.2, -0.15) is 0 Å². The number of hydrogen-bond donors (Lipinski definition) is 1. The van der Waals surface area contributed by atoms with Crippen LogP contribution in [-0.4, -0.2) is 4.92 Å². The van der Waals surface area contributed by atoms with E-state index >= 15 is 0 Å². The van der Waals surface area contributed by atoms with E-state index in [4.69, 9.17) is 0 Å². The number of nitro benzene ring substituents is 1. The molecule has 2 rings (SSSR count). The normalized spacial score (nSPS) is 10.5. The van der Waals surface area contributed by atoms with Gasteiger partial charge in [-0.05, 0) is 59.5 Å². The smallest absolute Gasteiger partial charge is 0.270 e. The van der Waals surface area contributed by atoms with Gasteiger partial charge in [-0.3, -0.25) is 10.1 Å². The van der Waals surface area contributed by atoms with Crippen molar-refractivity contribution in [3.63, 3.8) is 0 Å². The van der Waals surface area contributed by atoms with Crippen LogP contribution in [0, 0.1) is 30.9 Å². The van der Waals surface area contributed by atoms with Gasteiger partial charge in [0.25, 0.3) is 5.69 Å². The number of halogens is 1. The summed E-state index contributed by atoms with van der Waals surface area (Å²) in [7, 11) is 0. The maximum Gasteiger partial charge on any atom is 0.270 e. The Kier molecular flexibility index (Phi) is 4.63. The minimum absolute atomic E-state index is 0.0788. The van der Waals surface area contributed by atoms with E-state index in [1.54, 1.807) is 6.07 Å². The number of rotatable bonds is 4. The molecule has 0 bridgehead atoms. The Bertz CT molecular complexity index is 676. The summed E-state index contributed by atoms with van der Waals surface area (Å²) in [6, 6.07) is 9.06. The van der Waals surface area contributed by atoms with Crippen molar-refractivity contribution in [2.24, 2.45) is 0 Å². The second kappa shape index (κ2) is 6.26. The molecule has 0 amide bonds. The highest BCUT2D eigenvalue weighted by Gasteiger charge is 2.10. The molecular weight excluding hydrogens is 332 g/mol. The predicted molar refractivity (Wildman–Crippen MR) is 88.8 cm³/mol. The highest BCUT2D eigenvalue weighted by molar-refractivity contribution is 9.10. The molecule has 2 aromatic rings. The van der Waals surface area contributed by atoms with E-state index in [1.807, 2.05) is 0 Å². The average molecular weight is 349 g/mol. The molecule has 0 aromatic heterocycles. The zero-order valence-electron chi connectivity index (χ0n) is 12.2. The van der Waals surface area contributed by atoms with E-state index in [0.29, 0.717) is 11.0 Å². The van der Waals surface area contributed by atoms with Crippen LogP contribution in [0.2, 0.25) is 0 Å². The molecule has 0 atom stereocenters. The average Bonchev–Trinajstić information content (AvgIpc) is 2.38. The monoisotopic (exact) mass is 348 g/mol. The van der Waals surface area contributed by atoms with Gasteiger partial charge in [0.15, 0.2) is 0 Å². The van der Waals surface area contributed by atoms with Crippen molar-refractivity contribution in [2.75, 3.05) is 5.32 Å². The summed E-state index contributed by atoms with van der Waals surface area (Å²) in [6.45, 7) is 6.97. The fourth-order valence-corrected chi connectivity index (χ4v) is 2.94. The zero-order chi connectivity index (χ0) is 15.6. The maximum absolute atomic E-state index is 10.7. The van der Waals surface area contributed by atoms with Crippen molar-refractivity contribution in [1.29, 1.82) is 0 Å². The molecule has 0 aliphatic rings. The molecule has 0 radical (unpaired) electrons. The van der Waals surface area contributed by atoms with Crippen molar-refractivity contribution in [2.45, 2.75) is 27.3 Å². The third-order valence-corrected chi connectivity index (χ3v) is 4.12. The third-order valence-electron chi connectivity index (χ3n) is 3.46. The summed E-state index contributed by atoms with van der Waals surface area (Å²) in [5, 5.41) is 14.1. The van der Waals surface area contributed by atoms with Gasteiger partial charge in [0, 0.05) is 28.8 Å². The van der Waals surface area contributed by atoms with Gasteiger partial charge < -0.3 is 5.32 Å². The highest BCUT2D eigenvalue weighted by atomic mass is 79.9. The molecular formula is C16H17BrN2O2. The molecule has 110 valence electrons. The van der Waals surface area contributed by atoms with Crippen LogP contribution in [0.15, 0.2) is 34.8 Å². The maximum atomic E-state index is 10.7. The van der Waals surface area contributed by atoms with Gasteiger partial charge >= 0.3 is 0 Å². The predicted octanol–water partition coefficient (Wildman–Crippen LogP) is 4.89. The summed E-state index contributed by atoms with van der Waals surface area (Å²) in [5.41, 5.74) is 5.93. The van der Waals surface area contributed by atoms with E-state index < -0.39 is 4.92 Å². The second-order valence-corrected chi connectivity index (χ2v) is 6.01. The Hall–Kier alpha value is -1.88. The number of non-ortho nitro benzene ring substituents is 1. The van der Waals surface area contributed by atoms with E-state index in [9.17, 15) is 10.1 Å². The van der Waals surface area contributed by atoms with Crippen LogP contribution in [0.4, 0.5) is 11.4 Å². The summed E-state index contributed by atoms with van der Waals surface area (Å²) in [5.74, 6) is 0. The molecule has 0 fully saturated rings. The minimum Gasteiger partial charge on any atom is -0.380 e. The number of nitrogens with one attached hydrogen (secondary N) is 1. The Balaban J connectivity index is 2.19. The quantitative estimate of drug-likeness (QED) is 0.631. The molecule has 0 spiro atoms. The Morgan fingerprint density at radius 3 is 2.29 bits per heavy atom. The number of aryl methyl sites for hydroxylation is 3. The van der Waals surface area contributed by atoms with E-state index in [1.165, 1.54) is 34.4 Å². The van der Waals surface area contributed by atoms with E-state index in [0.717, 1.165) is 5.69 Å². The minimum atomic E-state index is -0.400. The fraction of sp³-hybridized carbons (Fsp3) is 0.250. The molecule has 5 heteroatoms. The lowest BCUT2D eigenvalue weighted by Gasteiger charge is -2.14. The molecule has 1 N–H and O–H groups in total. The lowest BCUT2D eigenvalue weighted by molar-refractivity contribution is -0.384. The van der Waals surface area contributed by atoms with Gasteiger partial charge in [0.05, 0.1) is 4.92 Å². The number of benzene rings is 2. The van der Waals surface area contributed by atoms with E-state index in [2.05, 4.69) is 54.2 Å². The summed E-state index contributed by atoms with van der Waals surface area (Å²) < 4.78 is 0.694. The van der Waals surface area contributed by atoms with Gasteiger partial charge in [-0.15, -0.1) is 0 Å². The van der Waals surface area contributed by atoms with Crippen molar-refractivity contribution in [3.8, 4) is 0 Å². The van der Waals surface area contributed by atoms with Crippen LogP contribution < -0.4 is 5.32 Å². The van der Waals surface area contributed by atoms with Crippen LogP contribution >= 0.6 is 15.9 Å². The molecule has 4 nitrogen and oxygen atoms in total. The Morgan fingerprint density at radius 2 is 1.76 bits per heavy atom. The van der Waals surface area contributed by atoms with Gasteiger partial charge in [0.2, 0.25) is 0 Å². The molecule has 0 unspecified atom stereocenters.